The molecule has 170 valence electrons. The molecule has 4 nitrogen and oxygen atoms in total. The summed E-state index contributed by atoms with van der Waals surface area (Å²) in [5.74, 6) is -1.70. The van der Waals surface area contributed by atoms with E-state index in [1.54, 1.807) is 13.8 Å². The van der Waals surface area contributed by atoms with Gasteiger partial charge in [-0.15, -0.1) is 0 Å². The van der Waals surface area contributed by atoms with Crippen molar-refractivity contribution in [1.82, 2.24) is 0 Å². The number of rotatable bonds is 2. The summed E-state index contributed by atoms with van der Waals surface area (Å²) < 4.78 is 101. The van der Waals surface area contributed by atoms with Crippen LogP contribution in [0.3, 0.4) is 0 Å². The molecular weight excluding hydrogens is 446 g/mol. The smallest absolute Gasteiger partial charge is 0.423 e. The molecular formula is C20H15BF7NO3. The molecule has 1 unspecified atom stereocenters. The molecule has 1 atom stereocenters. The van der Waals surface area contributed by atoms with Crippen LogP contribution in [0, 0.1) is 5.82 Å². The van der Waals surface area contributed by atoms with Gasteiger partial charge in [0.25, 0.3) is 5.60 Å². The standard InChI is InChI=1S/C20H15BF7NO3/c1-17(2)12-7-10(3-5-14(12)21(30)31-17)16-9-18(32-29-16,20(26,27)28)11-4-6-15(22)13(8-11)19(23,24)25/h3-8,30H,9H2,1-2H3. The van der Waals surface area contributed by atoms with E-state index in [0.717, 1.165) is 0 Å². The topological polar surface area (TPSA) is 51.0 Å². The van der Waals surface area contributed by atoms with E-state index >= 15 is 0 Å². The fraction of sp³-hybridized carbons (Fsp3) is 0.350. The molecule has 0 bridgehead atoms. The lowest BCUT2D eigenvalue weighted by atomic mass is 9.77. The Balaban J connectivity index is 1.76. The minimum absolute atomic E-state index is 0.0945. The maximum absolute atomic E-state index is 14.1. The number of fused-ring (bicyclic) bond motifs is 1. The molecule has 4 rings (SSSR count). The van der Waals surface area contributed by atoms with Gasteiger partial charge in [-0.1, -0.05) is 23.4 Å². The molecule has 0 spiro atoms. The highest BCUT2D eigenvalue weighted by molar-refractivity contribution is 6.62. The summed E-state index contributed by atoms with van der Waals surface area (Å²) in [7, 11) is -1.20. The molecule has 2 aliphatic rings. The van der Waals surface area contributed by atoms with E-state index in [1.807, 2.05) is 0 Å². The van der Waals surface area contributed by atoms with Gasteiger partial charge in [0, 0.05) is 12.0 Å². The van der Waals surface area contributed by atoms with Gasteiger partial charge in [-0.3, -0.25) is 0 Å². The Labute approximate surface area is 177 Å². The van der Waals surface area contributed by atoms with Crippen molar-refractivity contribution in [3.05, 3.63) is 64.5 Å². The van der Waals surface area contributed by atoms with Crippen molar-refractivity contribution in [2.24, 2.45) is 5.16 Å². The maximum atomic E-state index is 14.1. The Kier molecular flexibility index (Phi) is 4.91. The molecule has 0 fully saturated rings. The third-order valence-electron chi connectivity index (χ3n) is 5.63. The second kappa shape index (κ2) is 6.95. The predicted molar refractivity (Wildman–Crippen MR) is 99.5 cm³/mol. The second-order valence-electron chi connectivity index (χ2n) is 8.11. The monoisotopic (exact) mass is 461 g/mol. The van der Waals surface area contributed by atoms with Gasteiger partial charge in [-0.2, -0.15) is 26.3 Å². The van der Waals surface area contributed by atoms with Gasteiger partial charge in [0.2, 0.25) is 0 Å². The zero-order valence-electron chi connectivity index (χ0n) is 16.6. The summed E-state index contributed by atoms with van der Waals surface area (Å²) in [5.41, 5.74) is -5.88. The fourth-order valence-electron chi connectivity index (χ4n) is 3.93. The number of nitrogens with zero attached hydrogens (tertiary/aromatic N) is 1. The summed E-state index contributed by atoms with van der Waals surface area (Å²) in [6.07, 6.45) is -11.3. The summed E-state index contributed by atoms with van der Waals surface area (Å²) in [6, 6.07) is 5.40. The second-order valence-corrected chi connectivity index (χ2v) is 8.11. The van der Waals surface area contributed by atoms with Gasteiger partial charge in [-0.25, -0.2) is 4.39 Å². The normalized spacial score (nSPS) is 22.6. The number of alkyl halides is 6. The van der Waals surface area contributed by atoms with Crippen LogP contribution in [0.4, 0.5) is 30.7 Å². The quantitative estimate of drug-likeness (QED) is 0.534. The van der Waals surface area contributed by atoms with Crippen molar-refractivity contribution < 1.29 is 45.2 Å². The summed E-state index contributed by atoms with van der Waals surface area (Å²) in [6.45, 7) is 3.33. The van der Waals surface area contributed by atoms with Crippen LogP contribution >= 0.6 is 0 Å². The summed E-state index contributed by atoms with van der Waals surface area (Å²) in [4.78, 5) is 4.75. The predicted octanol–water partition coefficient (Wildman–Crippen LogP) is 4.38. The minimum Gasteiger partial charge on any atom is -0.423 e. The fourth-order valence-corrected chi connectivity index (χ4v) is 3.93. The zero-order valence-corrected chi connectivity index (χ0v) is 16.6. The van der Waals surface area contributed by atoms with Gasteiger partial charge in [0.15, 0.2) is 0 Å². The lowest BCUT2D eigenvalue weighted by molar-refractivity contribution is -0.276. The number of benzene rings is 2. The van der Waals surface area contributed by atoms with Gasteiger partial charge in [-0.05, 0) is 48.6 Å². The molecule has 2 heterocycles. The molecule has 0 aliphatic carbocycles. The zero-order chi connectivity index (χ0) is 23.7. The Morgan fingerprint density at radius 3 is 2.34 bits per heavy atom. The van der Waals surface area contributed by atoms with Crippen LogP contribution in [-0.4, -0.2) is 24.0 Å². The largest absolute Gasteiger partial charge is 0.492 e. The first kappa shape index (κ1) is 22.6. The Morgan fingerprint density at radius 2 is 1.72 bits per heavy atom. The lowest BCUT2D eigenvalue weighted by Gasteiger charge is -2.30. The highest BCUT2D eigenvalue weighted by Crippen LogP contribution is 2.50. The molecule has 2 aliphatic heterocycles. The van der Waals surface area contributed by atoms with E-state index in [-0.39, 0.29) is 17.3 Å². The van der Waals surface area contributed by atoms with Crippen molar-refractivity contribution >= 4 is 18.3 Å². The van der Waals surface area contributed by atoms with Crippen LogP contribution in [0.25, 0.3) is 0 Å². The van der Waals surface area contributed by atoms with Crippen molar-refractivity contribution in [2.75, 3.05) is 0 Å². The molecule has 0 amide bonds. The number of hydrogen-bond acceptors (Lipinski definition) is 4. The first-order chi connectivity index (χ1) is 14.7. The van der Waals surface area contributed by atoms with E-state index in [1.165, 1.54) is 18.2 Å². The van der Waals surface area contributed by atoms with E-state index in [4.69, 9.17) is 9.49 Å². The molecule has 12 heteroatoms. The van der Waals surface area contributed by atoms with Gasteiger partial charge < -0.3 is 14.5 Å². The minimum atomic E-state index is -5.19. The van der Waals surface area contributed by atoms with Crippen molar-refractivity contribution in [3.8, 4) is 0 Å². The third-order valence-corrected chi connectivity index (χ3v) is 5.63. The SMILES string of the molecule is CC1(C)OB(O)c2ccc(C3=NOC(c4ccc(F)c(C(F)(F)F)c4)(C(F)(F)F)C3)cc21. The maximum Gasteiger partial charge on any atom is 0.492 e. The highest BCUT2D eigenvalue weighted by Gasteiger charge is 2.62. The van der Waals surface area contributed by atoms with E-state index in [9.17, 15) is 35.8 Å². The summed E-state index contributed by atoms with van der Waals surface area (Å²) >= 11 is 0. The number of halogens is 7. The average Bonchev–Trinajstić information content (AvgIpc) is 3.21. The number of hydrogen-bond donors (Lipinski definition) is 1. The Morgan fingerprint density at radius 1 is 1.03 bits per heavy atom. The summed E-state index contributed by atoms with van der Waals surface area (Å²) in [5, 5.41) is 13.5. The molecule has 0 radical (unpaired) electrons. The molecule has 0 saturated heterocycles. The Bertz CT molecular complexity index is 1110. The molecule has 2 aromatic rings. The van der Waals surface area contributed by atoms with Crippen LogP contribution in [-0.2, 0) is 26.9 Å². The van der Waals surface area contributed by atoms with E-state index in [2.05, 4.69) is 5.16 Å². The average molecular weight is 461 g/mol. The van der Waals surface area contributed by atoms with E-state index < -0.39 is 54.0 Å². The van der Waals surface area contributed by atoms with Gasteiger partial charge in [0.05, 0.1) is 16.9 Å². The lowest BCUT2D eigenvalue weighted by Crippen LogP contribution is -2.43. The third kappa shape index (κ3) is 3.45. The van der Waals surface area contributed by atoms with Crippen molar-refractivity contribution in [2.45, 2.75) is 43.8 Å². The molecule has 1 N–H and O–H groups in total. The number of oxime groups is 1. The highest BCUT2D eigenvalue weighted by atomic mass is 19.4. The molecule has 0 saturated carbocycles. The molecule has 0 aromatic heterocycles. The van der Waals surface area contributed by atoms with Gasteiger partial charge in [0.1, 0.15) is 5.82 Å². The molecule has 2 aromatic carbocycles. The van der Waals surface area contributed by atoms with Crippen LogP contribution in [0.15, 0.2) is 41.6 Å². The van der Waals surface area contributed by atoms with Crippen LogP contribution < -0.4 is 5.46 Å². The Hall–Kier alpha value is -2.60. The van der Waals surface area contributed by atoms with Crippen molar-refractivity contribution in [3.63, 3.8) is 0 Å². The van der Waals surface area contributed by atoms with Crippen LogP contribution in [0.2, 0.25) is 0 Å². The first-order valence-electron chi connectivity index (χ1n) is 9.35. The first-order valence-corrected chi connectivity index (χ1v) is 9.35. The van der Waals surface area contributed by atoms with Crippen LogP contribution in [0.5, 0.6) is 0 Å². The molecule has 32 heavy (non-hydrogen) atoms. The van der Waals surface area contributed by atoms with E-state index in [0.29, 0.717) is 23.2 Å². The van der Waals surface area contributed by atoms with Gasteiger partial charge >= 0.3 is 19.5 Å². The van der Waals surface area contributed by atoms with Crippen molar-refractivity contribution in [1.29, 1.82) is 0 Å². The van der Waals surface area contributed by atoms with Crippen LogP contribution in [0.1, 0.15) is 42.5 Å².